The lowest BCUT2D eigenvalue weighted by Crippen LogP contribution is -2.50. The molecule has 0 N–H and O–H groups in total. The molecule has 0 aromatic heterocycles. The monoisotopic (exact) mass is 242 g/mol. The molecule has 1 aliphatic heterocycles. The van der Waals surface area contributed by atoms with Gasteiger partial charge >= 0.3 is 0 Å². The molecule has 0 radical (unpaired) electrons. The van der Waals surface area contributed by atoms with Crippen LogP contribution in [0.15, 0.2) is 24.3 Å². The summed E-state index contributed by atoms with van der Waals surface area (Å²) in [6.07, 6.45) is 4.35. The molecule has 1 saturated carbocycles. The molecule has 1 heteroatoms. The van der Waals surface area contributed by atoms with E-state index in [9.17, 15) is 0 Å². The van der Waals surface area contributed by atoms with Gasteiger partial charge in [0.15, 0.2) is 0 Å². The fourth-order valence-electron chi connectivity index (χ4n) is 4.82. The van der Waals surface area contributed by atoms with Crippen molar-refractivity contribution in [1.82, 2.24) is 0 Å². The third-order valence-corrected chi connectivity index (χ3v) is 6.03. The van der Waals surface area contributed by atoms with E-state index in [-0.39, 0.29) is 5.60 Å². The second-order valence-corrected chi connectivity index (χ2v) is 7.22. The molecule has 3 aliphatic rings. The van der Waals surface area contributed by atoms with E-state index >= 15 is 0 Å². The fourth-order valence-corrected chi connectivity index (χ4v) is 4.82. The molecule has 2 bridgehead atoms. The molecule has 2 aliphatic carbocycles. The smallest absolute Gasteiger partial charge is 0.0871 e. The minimum atomic E-state index is 0.0555. The molecule has 4 atom stereocenters. The van der Waals surface area contributed by atoms with Gasteiger partial charge in [-0.25, -0.2) is 0 Å². The molecule has 4 rings (SSSR count). The lowest BCUT2D eigenvalue weighted by Gasteiger charge is -2.52. The second-order valence-electron chi connectivity index (χ2n) is 7.22. The SMILES string of the molecule is CC1(C)O[C@H]2c3ccccc3C3(C)CC[C@@H]1C[C@@H]23. The Bertz CT molecular complexity index is 504. The molecule has 1 heterocycles. The third-order valence-electron chi connectivity index (χ3n) is 6.03. The molecule has 0 spiro atoms. The molecule has 1 aromatic rings. The van der Waals surface area contributed by atoms with Gasteiger partial charge in [0, 0.05) is 0 Å². The Morgan fingerprint density at radius 1 is 1.17 bits per heavy atom. The molecule has 0 amide bonds. The first-order valence-corrected chi connectivity index (χ1v) is 7.29. The minimum Gasteiger partial charge on any atom is -0.367 e. The summed E-state index contributed by atoms with van der Waals surface area (Å²) >= 11 is 0. The van der Waals surface area contributed by atoms with E-state index < -0.39 is 0 Å². The Labute approximate surface area is 110 Å². The summed E-state index contributed by atoms with van der Waals surface area (Å²) in [5.41, 5.74) is 3.46. The standard InChI is InChI=1S/C17H22O/c1-16(2)11-8-9-17(3)13-7-5-4-6-12(13)15(18-16)14(17)10-11/h4-7,11,14-15H,8-10H2,1-3H3/t11-,14+,15+,17?/m1/s1. The van der Waals surface area contributed by atoms with Crippen LogP contribution in [0.3, 0.4) is 0 Å². The van der Waals surface area contributed by atoms with Crippen molar-refractivity contribution in [3.05, 3.63) is 35.4 Å². The van der Waals surface area contributed by atoms with E-state index in [1.165, 1.54) is 24.8 Å². The lowest BCUT2D eigenvalue weighted by molar-refractivity contribution is -0.192. The number of ether oxygens (including phenoxy) is 1. The maximum absolute atomic E-state index is 6.52. The highest BCUT2D eigenvalue weighted by Gasteiger charge is 2.58. The highest BCUT2D eigenvalue weighted by Crippen LogP contribution is 2.63. The average molecular weight is 242 g/mol. The van der Waals surface area contributed by atoms with Crippen molar-refractivity contribution >= 4 is 0 Å². The number of fused-ring (bicyclic) bond motifs is 4. The van der Waals surface area contributed by atoms with Gasteiger partial charge in [0.25, 0.3) is 0 Å². The normalized spacial score (nSPS) is 43.6. The van der Waals surface area contributed by atoms with Gasteiger partial charge in [-0.2, -0.15) is 0 Å². The lowest BCUT2D eigenvalue weighted by atomic mass is 9.60. The van der Waals surface area contributed by atoms with Crippen molar-refractivity contribution < 1.29 is 4.74 Å². The van der Waals surface area contributed by atoms with Crippen LogP contribution in [0.25, 0.3) is 0 Å². The quantitative estimate of drug-likeness (QED) is 0.661. The van der Waals surface area contributed by atoms with Crippen LogP contribution >= 0.6 is 0 Å². The summed E-state index contributed by atoms with van der Waals surface area (Å²) < 4.78 is 6.52. The number of hydrogen-bond donors (Lipinski definition) is 0. The van der Waals surface area contributed by atoms with E-state index in [1.54, 1.807) is 5.56 Å². The van der Waals surface area contributed by atoms with Crippen LogP contribution in [0.4, 0.5) is 0 Å². The van der Waals surface area contributed by atoms with Crippen molar-refractivity contribution in [2.24, 2.45) is 11.8 Å². The highest BCUT2D eigenvalue weighted by molar-refractivity contribution is 5.44. The molecule has 1 nitrogen and oxygen atoms in total. The van der Waals surface area contributed by atoms with Crippen molar-refractivity contribution in [3.8, 4) is 0 Å². The van der Waals surface area contributed by atoms with Gasteiger partial charge in [0.05, 0.1) is 11.7 Å². The van der Waals surface area contributed by atoms with Gasteiger partial charge in [-0.1, -0.05) is 31.2 Å². The van der Waals surface area contributed by atoms with Crippen LogP contribution in [0.2, 0.25) is 0 Å². The first kappa shape index (κ1) is 11.0. The zero-order valence-electron chi connectivity index (χ0n) is 11.6. The van der Waals surface area contributed by atoms with Crippen molar-refractivity contribution in [2.75, 3.05) is 0 Å². The van der Waals surface area contributed by atoms with Crippen LogP contribution in [0.5, 0.6) is 0 Å². The molecule has 18 heavy (non-hydrogen) atoms. The summed E-state index contributed by atoms with van der Waals surface area (Å²) in [5, 5.41) is 0. The topological polar surface area (TPSA) is 9.23 Å². The first-order valence-electron chi connectivity index (χ1n) is 7.29. The predicted octanol–water partition coefficient (Wildman–Crippen LogP) is 4.22. The van der Waals surface area contributed by atoms with Crippen molar-refractivity contribution in [3.63, 3.8) is 0 Å². The zero-order chi connectivity index (χ0) is 12.5. The maximum Gasteiger partial charge on any atom is 0.0871 e. The van der Waals surface area contributed by atoms with Crippen LogP contribution in [-0.4, -0.2) is 5.60 Å². The summed E-state index contributed by atoms with van der Waals surface area (Å²) in [7, 11) is 0. The number of benzene rings is 1. The van der Waals surface area contributed by atoms with Crippen LogP contribution in [0.1, 0.15) is 57.3 Å². The summed E-state index contributed by atoms with van der Waals surface area (Å²) in [5.74, 6) is 1.46. The number of hydrogen-bond acceptors (Lipinski definition) is 1. The van der Waals surface area contributed by atoms with Gasteiger partial charge in [0.1, 0.15) is 0 Å². The summed E-state index contributed by atoms with van der Waals surface area (Å²) in [6.45, 7) is 7.04. The zero-order valence-corrected chi connectivity index (χ0v) is 11.6. The Hall–Kier alpha value is -0.820. The van der Waals surface area contributed by atoms with Gasteiger partial charge in [-0.3, -0.25) is 0 Å². The molecule has 1 saturated heterocycles. The van der Waals surface area contributed by atoms with Gasteiger partial charge in [-0.15, -0.1) is 0 Å². The van der Waals surface area contributed by atoms with Crippen LogP contribution in [-0.2, 0) is 10.2 Å². The van der Waals surface area contributed by atoms with E-state index in [0.29, 0.717) is 17.4 Å². The van der Waals surface area contributed by atoms with Crippen LogP contribution in [0, 0.1) is 11.8 Å². The van der Waals surface area contributed by atoms with E-state index in [0.717, 1.165) is 5.92 Å². The van der Waals surface area contributed by atoms with Gasteiger partial charge < -0.3 is 4.74 Å². The van der Waals surface area contributed by atoms with Crippen molar-refractivity contribution in [1.29, 1.82) is 0 Å². The second kappa shape index (κ2) is 3.19. The molecule has 2 fully saturated rings. The van der Waals surface area contributed by atoms with Crippen LogP contribution < -0.4 is 0 Å². The summed E-state index contributed by atoms with van der Waals surface area (Å²) in [4.78, 5) is 0. The first-order chi connectivity index (χ1) is 8.52. The fraction of sp³-hybridized carbons (Fsp3) is 0.647. The maximum atomic E-state index is 6.52. The molecule has 96 valence electrons. The average Bonchev–Trinajstić information content (AvgIpc) is 2.61. The van der Waals surface area contributed by atoms with E-state index in [4.69, 9.17) is 4.74 Å². The Balaban J connectivity index is 1.91. The van der Waals surface area contributed by atoms with Crippen molar-refractivity contribution in [2.45, 2.75) is 57.2 Å². The Morgan fingerprint density at radius 2 is 1.94 bits per heavy atom. The molecule has 1 aromatic carbocycles. The Kier molecular flexibility index (Phi) is 1.96. The number of rotatable bonds is 0. The van der Waals surface area contributed by atoms with E-state index in [2.05, 4.69) is 45.0 Å². The van der Waals surface area contributed by atoms with Gasteiger partial charge in [0.2, 0.25) is 0 Å². The molecule has 1 unspecified atom stereocenters. The summed E-state index contributed by atoms with van der Waals surface area (Å²) in [6, 6.07) is 8.99. The molecular formula is C17H22O. The predicted molar refractivity (Wildman–Crippen MR) is 72.5 cm³/mol. The van der Waals surface area contributed by atoms with Gasteiger partial charge in [-0.05, 0) is 61.5 Å². The largest absolute Gasteiger partial charge is 0.367 e. The Morgan fingerprint density at radius 3 is 2.78 bits per heavy atom. The minimum absolute atomic E-state index is 0.0555. The third kappa shape index (κ3) is 1.17. The van der Waals surface area contributed by atoms with E-state index in [1.807, 2.05) is 0 Å². The molecular weight excluding hydrogens is 220 g/mol. The highest BCUT2D eigenvalue weighted by atomic mass is 16.5.